The molecule has 0 fully saturated rings. The minimum Gasteiger partial charge on any atom is -0.454 e. The number of nitrogens with two attached hydrogens (primary N) is 1. The lowest BCUT2D eigenvalue weighted by Crippen LogP contribution is -2.04. The maximum atomic E-state index is 13.4. The number of ether oxygens (including phenoxy) is 1. The predicted octanol–water partition coefficient (Wildman–Crippen LogP) is 3.78. The van der Waals surface area contributed by atoms with Gasteiger partial charge >= 0.3 is 0 Å². The smallest absolute Gasteiger partial charge is 0.165 e. The first-order chi connectivity index (χ1) is 8.56. The number of benzene rings is 2. The van der Waals surface area contributed by atoms with Crippen LogP contribution in [-0.4, -0.2) is 0 Å². The van der Waals surface area contributed by atoms with Crippen LogP contribution in [0.1, 0.15) is 18.5 Å². The van der Waals surface area contributed by atoms with Gasteiger partial charge in [-0.25, -0.2) is 8.78 Å². The maximum Gasteiger partial charge on any atom is 0.165 e. The Labute approximate surface area is 104 Å². The molecule has 0 unspecified atom stereocenters. The van der Waals surface area contributed by atoms with E-state index in [0.29, 0.717) is 5.75 Å². The van der Waals surface area contributed by atoms with Crippen LogP contribution in [0.5, 0.6) is 11.5 Å². The van der Waals surface area contributed by atoms with Gasteiger partial charge in [0.1, 0.15) is 11.6 Å². The molecule has 0 aliphatic heterocycles. The summed E-state index contributed by atoms with van der Waals surface area (Å²) in [6.45, 7) is 1.86. The lowest BCUT2D eigenvalue weighted by molar-refractivity contribution is 0.436. The van der Waals surface area contributed by atoms with Gasteiger partial charge < -0.3 is 10.5 Å². The lowest BCUT2D eigenvalue weighted by atomic mass is 10.1. The zero-order valence-corrected chi connectivity index (χ0v) is 9.86. The summed E-state index contributed by atoms with van der Waals surface area (Å²) in [6.07, 6.45) is 0. The van der Waals surface area contributed by atoms with Crippen LogP contribution in [0.25, 0.3) is 0 Å². The van der Waals surface area contributed by atoms with Gasteiger partial charge in [0.2, 0.25) is 0 Å². The second kappa shape index (κ2) is 5.14. The summed E-state index contributed by atoms with van der Waals surface area (Å²) in [7, 11) is 0. The molecule has 0 spiro atoms. The Hall–Kier alpha value is -1.94. The Morgan fingerprint density at radius 1 is 1.06 bits per heavy atom. The van der Waals surface area contributed by atoms with Crippen molar-refractivity contribution in [1.82, 2.24) is 0 Å². The fourth-order valence-corrected chi connectivity index (χ4v) is 1.52. The van der Waals surface area contributed by atoms with E-state index in [1.165, 1.54) is 0 Å². The molecule has 1 atom stereocenters. The van der Waals surface area contributed by atoms with Crippen molar-refractivity contribution >= 4 is 0 Å². The van der Waals surface area contributed by atoms with Gasteiger partial charge in [-0.2, -0.15) is 0 Å². The Kier molecular flexibility index (Phi) is 3.58. The van der Waals surface area contributed by atoms with Gasteiger partial charge in [-0.05, 0) is 36.8 Å². The monoisotopic (exact) mass is 249 g/mol. The highest BCUT2D eigenvalue weighted by Gasteiger charge is 2.07. The number of hydrogen-bond donors (Lipinski definition) is 1. The molecule has 2 nitrogen and oxygen atoms in total. The molecule has 2 N–H and O–H groups in total. The minimum atomic E-state index is -0.604. The van der Waals surface area contributed by atoms with E-state index in [2.05, 4.69) is 0 Å². The van der Waals surface area contributed by atoms with Gasteiger partial charge in [-0.1, -0.05) is 12.1 Å². The third kappa shape index (κ3) is 2.84. The summed E-state index contributed by atoms with van der Waals surface area (Å²) in [5.74, 6) is -0.848. The molecule has 2 aromatic carbocycles. The van der Waals surface area contributed by atoms with E-state index in [-0.39, 0.29) is 11.8 Å². The zero-order valence-electron chi connectivity index (χ0n) is 9.86. The Morgan fingerprint density at radius 3 is 2.33 bits per heavy atom. The molecule has 0 radical (unpaired) electrons. The van der Waals surface area contributed by atoms with E-state index in [1.807, 2.05) is 6.92 Å². The summed E-state index contributed by atoms with van der Waals surface area (Å²) in [5.41, 5.74) is 6.66. The van der Waals surface area contributed by atoms with Crippen LogP contribution in [0.2, 0.25) is 0 Å². The molecule has 0 heterocycles. The topological polar surface area (TPSA) is 35.2 Å². The first-order valence-electron chi connectivity index (χ1n) is 5.54. The van der Waals surface area contributed by atoms with Crippen LogP contribution >= 0.6 is 0 Å². The van der Waals surface area contributed by atoms with Gasteiger partial charge in [0, 0.05) is 12.1 Å². The largest absolute Gasteiger partial charge is 0.454 e. The first-order valence-corrected chi connectivity index (χ1v) is 5.54. The normalized spacial score (nSPS) is 12.2. The van der Waals surface area contributed by atoms with Crippen molar-refractivity contribution in [2.24, 2.45) is 5.73 Å². The molecule has 18 heavy (non-hydrogen) atoms. The third-order valence-corrected chi connectivity index (χ3v) is 2.53. The van der Waals surface area contributed by atoms with Crippen LogP contribution in [0.3, 0.4) is 0 Å². The van der Waals surface area contributed by atoms with Crippen LogP contribution in [0.15, 0.2) is 42.5 Å². The van der Waals surface area contributed by atoms with Crippen molar-refractivity contribution in [3.63, 3.8) is 0 Å². The van der Waals surface area contributed by atoms with Crippen molar-refractivity contribution in [2.45, 2.75) is 13.0 Å². The molecule has 0 amide bonds. The first kappa shape index (κ1) is 12.5. The van der Waals surface area contributed by atoms with Crippen molar-refractivity contribution in [2.75, 3.05) is 0 Å². The van der Waals surface area contributed by atoms with Crippen LogP contribution in [0, 0.1) is 11.6 Å². The van der Waals surface area contributed by atoms with Crippen molar-refractivity contribution in [3.8, 4) is 11.5 Å². The molecule has 0 bridgehead atoms. The van der Waals surface area contributed by atoms with Crippen molar-refractivity contribution < 1.29 is 13.5 Å². The van der Waals surface area contributed by atoms with E-state index in [0.717, 1.165) is 23.8 Å². The van der Waals surface area contributed by atoms with E-state index >= 15 is 0 Å². The minimum absolute atomic E-state index is 0.0787. The van der Waals surface area contributed by atoms with E-state index in [4.69, 9.17) is 10.5 Å². The highest BCUT2D eigenvalue weighted by atomic mass is 19.1. The van der Waals surface area contributed by atoms with E-state index in [1.54, 1.807) is 24.3 Å². The number of rotatable bonds is 3. The Bertz CT molecular complexity index is 538. The number of halogens is 2. The second-order valence-electron chi connectivity index (χ2n) is 4.03. The number of hydrogen-bond acceptors (Lipinski definition) is 2. The maximum absolute atomic E-state index is 13.4. The third-order valence-electron chi connectivity index (χ3n) is 2.53. The lowest BCUT2D eigenvalue weighted by Gasteiger charge is -2.09. The van der Waals surface area contributed by atoms with Crippen molar-refractivity contribution in [1.29, 1.82) is 0 Å². The molecular weight excluding hydrogens is 236 g/mol. The fourth-order valence-electron chi connectivity index (χ4n) is 1.52. The van der Waals surface area contributed by atoms with Crippen LogP contribution in [-0.2, 0) is 0 Å². The van der Waals surface area contributed by atoms with Crippen molar-refractivity contribution in [3.05, 3.63) is 59.7 Å². The molecule has 0 aliphatic rings. The summed E-state index contributed by atoms with van der Waals surface area (Å²) in [5, 5.41) is 0. The highest BCUT2D eigenvalue weighted by Crippen LogP contribution is 2.26. The van der Waals surface area contributed by atoms with Gasteiger partial charge in [-0.15, -0.1) is 0 Å². The molecular formula is C14H13F2NO. The molecule has 4 heteroatoms. The Morgan fingerprint density at radius 2 is 1.72 bits per heavy atom. The summed E-state index contributed by atoms with van der Waals surface area (Å²) in [6, 6.07) is 9.92. The van der Waals surface area contributed by atoms with E-state index in [9.17, 15) is 8.78 Å². The molecule has 2 aromatic rings. The summed E-state index contributed by atoms with van der Waals surface area (Å²) >= 11 is 0. The summed E-state index contributed by atoms with van der Waals surface area (Å²) < 4.78 is 31.6. The summed E-state index contributed by atoms with van der Waals surface area (Å²) in [4.78, 5) is 0. The molecule has 0 aromatic heterocycles. The van der Waals surface area contributed by atoms with E-state index < -0.39 is 11.6 Å². The Balaban J connectivity index is 2.21. The average Bonchev–Trinajstić information content (AvgIpc) is 2.34. The fraction of sp³-hybridized carbons (Fsp3) is 0.143. The van der Waals surface area contributed by atoms with Gasteiger partial charge in [0.25, 0.3) is 0 Å². The highest BCUT2D eigenvalue weighted by molar-refractivity contribution is 5.34. The van der Waals surface area contributed by atoms with Gasteiger partial charge in [0.05, 0.1) is 0 Å². The van der Waals surface area contributed by atoms with Gasteiger partial charge in [0.15, 0.2) is 11.6 Å². The average molecular weight is 249 g/mol. The predicted molar refractivity (Wildman–Crippen MR) is 65.5 cm³/mol. The standard InChI is InChI=1S/C14H13F2NO/c1-9(17)10-2-5-12(6-3-10)18-14-8-11(15)4-7-13(14)16/h2-9H,17H2,1H3/t9-/m1/s1. The van der Waals surface area contributed by atoms with Crippen LogP contribution < -0.4 is 10.5 Å². The second-order valence-corrected chi connectivity index (χ2v) is 4.03. The molecule has 94 valence electrons. The molecule has 0 saturated carbocycles. The molecule has 0 aliphatic carbocycles. The van der Waals surface area contributed by atoms with Crippen LogP contribution in [0.4, 0.5) is 8.78 Å². The molecule has 2 rings (SSSR count). The quantitative estimate of drug-likeness (QED) is 0.898. The SMILES string of the molecule is C[C@@H](N)c1ccc(Oc2cc(F)ccc2F)cc1. The zero-order chi connectivity index (χ0) is 13.1. The van der Waals surface area contributed by atoms with Gasteiger partial charge in [-0.3, -0.25) is 0 Å². The molecule has 0 saturated heterocycles.